The molecule has 1 atom stereocenters. The first kappa shape index (κ1) is 16.6. The number of hydrogen-bond donors (Lipinski definition) is 0. The van der Waals surface area contributed by atoms with Crippen molar-refractivity contribution in [3.63, 3.8) is 0 Å². The van der Waals surface area contributed by atoms with Crippen molar-refractivity contribution < 1.29 is 18.7 Å². The lowest BCUT2D eigenvalue weighted by molar-refractivity contribution is -0.162. The van der Waals surface area contributed by atoms with E-state index in [2.05, 4.69) is 0 Å². The molecule has 2 heterocycles. The number of rotatable bonds is 3. The summed E-state index contributed by atoms with van der Waals surface area (Å²) in [5, 5.41) is 0.823. The third-order valence-electron chi connectivity index (χ3n) is 4.24. The van der Waals surface area contributed by atoms with Crippen LogP contribution in [0.3, 0.4) is 0 Å². The molecule has 0 bridgehead atoms. The van der Waals surface area contributed by atoms with E-state index in [4.69, 9.17) is 13.9 Å². The first-order chi connectivity index (χ1) is 11.3. The number of benzene rings is 1. The zero-order chi connectivity index (χ0) is 17.5. The van der Waals surface area contributed by atoms with E-state index in [-0.39, 0.29) is 11.9 Å². The Morgan fingerprint density at radius 3 is 2.71 bits per heavy atom. The van der Waals surface area contributed by atoms with Gasteiger partial charge in [-0.15, -0.1) is 0 Å². The molecule has 0 fully saturated rings. The molecule has 0 amide bonds. The second-order valence-corrected chi connectivity index (χ2v) is 7.20. The van der Waals surface area contributed by atoms with Crippen molar-refractivity contribution in [1.29, 1.82) is 0 Å². The van der Waals surface area contributed by atoms with Gasteiger partial charge in [-0.1, -0.05) is 13.8 Å². The molecule has 0 saturated heterocycles. The summed E-state index contributed by atoms with van der Waals surface area (Å²) in [6, 6.07) is 6.84. The minimum atomic E-state index is -0.650. The van der Waals surface area contributed by atoms with Gasteiger partial charge in [0, 0.05) is 29.9 Å². The second-order valence-electron chi connectivity index (χ2n) is 7.20. The molecule has 1 aliphatic rings. The Kier molecular flexibility index (Phi) is 4.11. The summed E-state index contributed by atoms with van der Waals surface area (Å²) in [7, 11) is 0. The summed E-state index contributed by atoms with van der Waals surface area (Å²) in [5.74, 6) is 0.658. The topological polar surface area (TPSA) is 65.7 Å². The van der Waals surface area contributed by atoms with E-state index in [0.29, 0.717) is 24.2 Å². The molecule has 1 unspecified atom stereocenters. The highest BCUT2D eigenvalue weighted by atomic mass is 16.6. The average Bonchev–Trinajstić information content (AvgIpc) is 2.46. The van der Waals surface area contributed by atoms with Crippen molar-refractivity contribution in [3.05, 3.63) is 40.2 Å². The van der Waals surface area contributed by atoms with Crippen LogP contribution in [-0.2, 0) is 16.0 Å². The number of carbonyl (C=O) groups is 1. The highest BCUT2D eigenvalue weighted by Crippen LogP contribution is 2.38. The predicted molar refractivity (Wildman–Crippen MR) is 90.2 cm³/mol. The normalized spacial score (nSPS) is 19.0. The number of hydrogen-bond acceptors (Lipinski definition) is 5. The van der Waals surface area contributed by atoms with E-state index >= 15 is 0 Å². The van der Waals surface area contributed by atoms with Crippen molar-refractivity contribution in [3.8, 4) is 5.75 Å². The highest BCUT2D eigenvalue weighted by molar-refractivity contribution is 5.82. The van der Waals surface area contributed by atoms with Gasteiger partial charge in [-0.3, -0.25) is 4.79 Å². The monoisotopic (exact) mass is 330 g/mol. The minimum Gasteiger partial charge on any atom is -0.484 e. The number of esters is 1. The molecular formula is C19H22O5. The van der Waals surface area contributed by atoms with Gasteiger partial charge in [0.25, 0.3) is 0 Å². The van der Waals surface area contributed by atoms with E-state index in [1.807, 2.05) is 39.8 Å². The first-order valence-electron chi connectivity index (χ1n) is 8.20. The van der Waals surface area contributed by atoms with Gasteiger partial charge < -0.3 is 13.9 Å². The molecule has 1 aromatic carbocycles. The summed E-state index contributed by atoms with van der Waals surface area (Å²) < 4.78 is 17.1. The second kappa shape index (κ2) is 5.96. The molecule has 5 heteroatoms. The quantitative estimate of drug-likeness (QED) is 0.637. The maximum atomic E-state index is 12.1. The van der Waals surface area contributed by atoms with E-state index < -0.39 is 17.3 Å². The maximum absolute atomic E-state index is 12.1. The smallest absolute Gasteiger partial charge is 0.336 e. The lowest BCUT2D eigenvalue weighted by Crippen LogP contribution is -2.49. The number of ether oxygens (including phenoxy) is 2. The van der Waals surface area contributed by atoms with E-state index in [1.165, 1.54) is 6.07 Å². The molecule has 1 aromatic heterocycles. The van der Waals surface area contributed by atoms with Crippen molar-refractivity contribution in [2.24, 2.45) is 5.92 Å². The highest BCUT2D eigenvalue weighted by Gasteiger charge is 2.40. The van der Waals surface area contributed by atoms with Crippen LogP contribution in [0.5, 0.6) is 5.75 Å². The van der Waals surface area contributed by atoms with Crippen molar-refractivity contribution in [2.75, 3.05) is 0 Å². The summed E-state index contributed by atoms with van der Waals surface area (Å²) in [5.41, 5.74) is 0.212. The van der Waals surface area contributed by atoms with Gasteiger partial charge >= 0.3 is 11.6 Å². The summed E-state index contributed by atoms with van der Waals surface area (Å²) >= 11 is 0. The SMILES string of the molecule is CC(C)CC(=O)OC1Cc2c(ccc3ccc(=O)oc23)OC1(C)C. The average molecular weight is 330 g/mol. The molecule has 24 heavy (non-hydrogen) atoms. The lowest BCUT2D eigenvalue weighted by Gasteiger charge is -2.39. The van der Waals surface area contributed by atoms with Crippen LogP contribution >= 0.6 is 0 Å². The van der Waals surface area contributed by atoms with E-state index in [0.717, 1.165) is 10.9 Å². The van der Waals surface area contributed by atoms with Crippen molar-refractivity contribution >= 4 is 16.9 Å². The fraction of sp³-hybridized carbons (Fsp3) is 0.474. The third kappa shape index (κ3) is 3.16. The van der Waals surface area contributed by atoms with Gasteiger partial charge in [0.1, 0.15) is 23.0 Å². The van der Waals surface area contributed by atoms with Gasteiger partial charge in [-0.25, -0.2) is 4.79 Å². The molecule has 0 N–H and O–H groups in total. The van der Waals surface area contributed by atoms with Gasteiger partial charge in [0.05, 0.1) is 0 Å². The fourth-order valence-electron chi connectivity index (χ4n) is 2.96. The van der Waals surface area contributed by atoms with Crippen LogP contribution in [0.15, 0.2) is 33.5 Å². The van der Waals surface area contributed by atoms with Crippen LogP contribution in [0.4, 0.5) is 0 Å². The van der Waals surface area contributed by atoms with Crippen molar-refractivity contribution in [2.45, 2.75) is 52.2 Å². The van der Waals surface area contributed by atoms with Crippen molar-refractivity contribution in [1.82, 2.24) is 0 Å². The standard InChI is InChI=1S/C19H22O5/c1-11(2)9-17(21)22-15-10-13-14(24-19(15,3)4)7-5-12-6-8-16(20)23-18(12)13/h5-8,11,15H,9-10H2,1-4H3. The Morgan fingerprint density at radius 2 is 2.00 bits per heavy atom. The van der Waals surface area contributed by atoms with Gasteiger partial charge in [0.2, 0.25) is 0 Å². The van der Waals surface area contributed by atoms with Gasteiger partial charge in [-0.05, 0) is 38.0 Å². The minimum absolute atomic E-state index is 0.233. The molecule has 1 aliphatic heterocycles. The first-order valence-corrected chi connectivity index (χ1v) is 8.20. The Balaban J connectivity index is 1.98. The molecule has 5 nitrogen and oxygen atoms in total. The van der Waals surface area contributed by atoms with Gasteiger partial charge in [0.15, 0.2) is 0 Å². The number of carbonyl (C=O) groups excluding carboxylic acids is 1. The largest absolute Gasteiger partial charge is 0.484 e. The summed E-state index contributed by atoms with van der Waals surface area (Å²) in [6.45, 7) is 7.74. The van der Waals surface area contributed by atoms with E-state index in [1.54, 1.807) is 6.07 Å². The summed E-state index contributed by atoms with van der Waals surface area (Å²) in [4.78, 5) is 23.7. The fourth-order valence-corrected chi connectivity index (χ4v) is 2.96. The van der Waals surface area contributed by atoms with Gasteiger partial charge in [-0.2, -0.15) is 0 Å². The lowest BCUT2D eigenvalue weighted by atomic mass is 9.90. The summed E-state index contributed by atoms with van der Waals surface area (Å²) in [6.07, 6.45) is 0.382. The van der Waals surface area contributed by atoms with Crippen LogP contribution in [0.1, 0.15) is 39.7 Å². The molecule has 0 spiro atoms. The van der Waals surface area contributed by atoms with Crippen LogP contribution in [0, 0.1) is 5.92 Å². The molecule has 3 rings (SSSR count). The molecular weight excluding hydrogens is 308 g/mol. The Hall–Kier alpha value is -2.30. The Labute approximate surface area is 140 Å². The van der Waals surface area contributed by atoms with Crippen LogP contribution in [0.25, 0.3) is 11.0 Å². The molecule has 0 saturated carbocycles. The molecule has 0 radical (unpaired) electrons. The Bertz CT molecular complexity index is 831. The van der Waals surface area contributed by atoms with Crippen LogP contribution in [0.2, 0.25) is 0 Å². The third-order valence-corrected chi connectivity index (χ3v) is 4.24. The molecule has 2 aromatic rings. The Morgan fingerprint density at radius 1 is 1.29 bits per heavy atom. The van der Waals surface area contributed by atoms with Crippen LogP contribution in [-0.4, -0.2) is 17.7 Å². The predicted octanol–water partition coefficient (Wildman–Crippen LogP) is 3.46. The molecule has 128 valence electrons. The van der Waals surface area contributed by atoms with E-state index in [9.17, 15) is 9.59 Å². The number of fused-ring (bicyclic) bond motifs is 3. The zero-order valence-electron chi connectivity index (χ0n) is 14.4. The maximum Gasteiger partial charge on any atom is 0.336 e. The van der Waals surface area contributed by atoms with Crippen LogP contribution < -0.4 is 10.4 Å². The molecule has 0 aliphatic carbocycles. The zero-order valence-corrected chi connectivity index (χ0v) is 14.4.